The molecule has 1 unspecified atom stereocenters. The fraction of sp³-hybridized carbons (Fsp3) is 0.130. The van der Waals surface area contributed by atoms with Crippen LogP contribution in [0.3, 0.4) is 0 Å². The molecule has 0 aliphatic rings. The first-order valence-corrected chi connectivity index (χ1v) is 10.7. The van der Waals surface area contributed by atoms with Crippen LogP contribution in [0.2, 0.25) is 0 Å². The molecule has 0 saturated carbocycles. The summed E-state index contributed by atoms with van der Waals surface area (Å²) in [5.74, 6) is 0.741. The number of aromatic amines is 1. The Bertz CT molecular complexity index is 1260. The van der Waals surface area contributed by atoms with Crippen LogP contribution in [-0.4, -0.2) is 32.7 Å². The molecular weight excluding hydrogens is 402 g/mol. The van der Waals surface area contributed by atoms with Gasteiger partial charge in [0.25, 0.3) is 0 Å². The van der Waals surface area contributed by atoms with Crippen molar-refractivity contribution < 1.29 is 23.0 Å². The number of sulfone groups is 1. The van der Waals surface area contributed by atoms with Crippen molar-refractivity contribution in [2.75, 3.05) is 14.2 Å². The van der Waals surface area contributed by atoms with E-state index < -0.39 is 14.8 Å². The number of hydrogen-bond donors (Lipinski definition) is 2. The molecule has 0 fully saturated rings. The summed E-state index contributed by atoms with van der Waals surface area (Å²) in [7, 11) is -1.33. The molecule has 6 nitrogen and oxygen atoms in total. The lowest BCUT2D eigenvalue weighted by molar-refractivity contribution is 0.162. The van der Waals surface area contributed by atoms with Crippen LogP contribution in [-0.2, 0) is 14.8 Å². The van der Waals surface area contributed by atoms with Gasteiger partial charge in [0.1, 0.15) is 0 Å². The average Bonchev–Trinajstić information content (AvgIpc) is 3.23. The number of H-pyrrole nitrogens is 1. The van der Waals surface area contributed by atoms with E-state index in [-0.39, 0.29) is 16.2 Å². The van der Waals surface area contributed by atoms with Crippen molar-refractivity contribution >= 4 is 20.7 Å². The van der Waals surface area contributed by atoms with Gasteiger partial charge in [-0.15, -0.1) is 0 Å². The van der Waals surface area contributed by atoms with Crippen LogP contribution in [0.1, 0.15) is 11.3 Å². The molecule has 0 aliphatic heterocycles. The van der Waals surface area contributed by atoms with Gasteiger partial charge in [-0.05, 0) is 41.8 Å². The molecule has 0 bridgehead atoms. The zero-order chi connectivity index (χ0) is 21.4. The first kappa shape index (κ1) is 20.0. The highest BCUT2D eigenvalue weighted by Crippen LogP contribution is 2.42. The molecule has 1 atom stereocenters. The molecule has 0 aliphatic carbocycles. The molecular formula is C23H21NO5S. The molecule has 1 aromatic heterocycles. The molecule has 1 heterocycles. The fourth-order valence-electron chi connectivity index (χ4n) is 3.53. The Morgan fingerprint density at radius 3 is 2.17 bits per heavy atom. The lowest BCUT2D eigenvalue weighted by Gasteiger charge is -2.28. The van der Waals surface area contributed by atoms with Crippen molar-refractivity contribution in [1.82, 2.24) is 4.98 Å². The third-order valence-corrected chi connectivity index (χ3v) is 7.24. The maximum atomic E-state index is 13.7. The van der Waals surface area contributed by atoms with Gasteiger partial charge in [-0.25, -0.2) is 8.42 Å². The van der Waals surface area contributed by atoms with Crippen molar-refractivity contribution in [2.45, 2.75) is 9.83 Å². The quantitative estimate of drug-likeness (QED) is 0.492. The highest BCUT2D eigenvalue weighted by atomic mass is 32.2. The lowest BCUT2D eigenvalue weighted by atomic mass is 10.0. The largest absolute Gasteiger partial charge is 0.493 e. The number of methoxy groups -OCH3 is 2. The first-order valence-electron chi connectivity index (χ1n) is 9.24. The van der Waals surface area contributed by atoms with Crippen molar-refractivity contribution in [3.05, 3.63) is 90.1 Å². The normalized spacial score (nSPS) is 13.7. The Morgan fingerprint density at radius 2 is 1.50 bits per heavy atom. The standard InChI is InChI=1S/C23H21NO5S/c1-28-20-13-12-17(15-21(20)29-2)23(25,30(26,27)18-9-4-3-5-10-18)22-14-16-8-6-7-11-19(16)24-22/h3-15,24-25H,1-2H3. The summed E-state index contributed by atoms with van der Waals surface area (Å²) >= 11 is 0. The number of benzene rings is 3. The van der Waals surface area contributed by atoms with Gasteiger partial charge in [0.15, 0.2) is 11.5 Å². The van der Waals surface area contributed by atoms with E-state index in [1.807, 2.05) is 24.3 Å². The average molecular weight is 423 g/mol. The third-order valence-electron chi connectivity index (χ3n) is 5.11. The summed E-state index contributed by atoms with van der Waals surface area (Å²) in [6, 6.07) is 21.4. The fourth-order valence-corrected chi connectivity index (χ4v) is 5.22. The number of hydrogen-bond acceptors (Lipinski definition) is 5. The van der Waals surface area contributed by atoms with E-state index in [9.17, 15) is 13.5 Å². The predicted octanol–water partition coefficient (Wildman–Crippen LogP) is 3.85. The second-order valence-electron chi connectivity index (χ2n) is 6.80. The monoisotopic (exact) mass is 423 g/mol. The number of fused-ring (bicyclic) bond motifs is 1. The third kappa shape index (κ3) is 3.03. The van der Waals surface area contributed by atoms with E-state index in [2.05, 4.69) is 4.98 Å². The van der Waals surface area contributed by atoms with Crippen LogP contribution < -0.4 is 9.47 Å². The van der Waals surface area contributed by atoms with Crippen LogP contribution in [0.15, 0.2) is 83.8 Å². The SMILES string of the molecule is COc1ccc(C(O)(c2cc3ccccc3[nH]2)S(=O)(=O)c2ccccc2)cc1OC. The highest BCUT2D eigenvalue weighted by Gasteiger charge is 2.48. The van der Waals surface area contributed by atoms with Gasteiger partial charge in [-0.1, -0.05) is 42.5 Å². The molecule has 0 radical (unpaired) electrons. The second kappa shape index (κ2) is 7.51. The van der Waals surface area contributed by atoms with Gasteiger partial charge in [-0.2, -0.15) is 0 Å². The summed E-state index contributed by atoms with van der Waals surface area (Å²) in [6.07, 6.45) is 0. The van der Waals surface area contributed by atoms with E-state index in [1.54, 1.807) is 30.3 Å². The van der Waals surface area contributed by atoms with Crippen molar-refractivity contribution in [3.63, 3.8) is 0 Å². The van der Waals surface area contributed by atoms with E-state index in [1.165, 1.54) is 38.5 Å². The zero-order valence-corrected chi connectivity index (χ0v) is 17.3. The summed E-state index contributed by atoms with van der Waals surface area (Å²) < 4.78 is 38.1. The van der Waals surface area contributed by atoms with Gasteiger partial charge in [0.2, 0.25) is 14.8 Å². The van der Waals surface area contributed by atoms with Crippen LogP contribution >= 0.6 is 0 Å². The van der Waals surface area contributed by atoms with Crippen LogP contribution in [0, 0.1) is 0 Å². The van der Waals surface area contributed by atoms with E-state index in [0.717, 1.165) is 10.9 Å². The van der Waals surface area contributed by atoms with Crippen LogP contribution in [0.4, 0.5) is 0 Å². The number of rotatable bonds is 6. The van der Waals surface area contributed by atoms with Gasteiger partial charge in [-0.3, -0.25) is 0 Å². The zero-order valence-electron chi connectivity index (χ0n) is 16.5. The number of aliphatic hydroxyl groups is 1. The van der Waals surface area contributed by atoms with E-state index >= 15 is 0 Å². The molecule has 0 spiro atoms. The topological polar surface area (TPSA) is 88.6 Å². The van der Waals surface area contributed by atoms with Crippen molar-refractivity contribution in [1.29, 1.82) is 0 Å². The molecule has 4 rings (SSSR count). The number of para-hydroxylation sites is 1. The molecule has 0 amide bonds. The summed E-state index contributed by atoms with van der Waals surface area (Å²) in [5.41, 5.74) is 0.991. The molecule has 30 heavy (non-hydrogen) atoms. The smallest absolute Gasteiger partial charge is 0.237 e. The number of nitrogens with one attached hydrogen (secondary N) is 1. The number of aromatic nitrogens is 1. The summed E-state index contributed by atoms with van der Waals surface area (Å²) in [5, 5.41) is 12.7. The summed E-state index contributed by atoms with van der Waals surface area (Å²) in [4.78, 5) is 0.694. The Morgan fingerprint density at radius 1 is 0.833 bits per heavy atom. The number of ether oxygens (including phenoxy) is 2. The molecule has 2 N–H and O–H groups in total. The maximum absolute atomic E-state index is 13.7. The van der Waals surface area contributed by atoms with E-state index in [4.69, 9.17) is 9.47 Å². The molecule has 7 heteroatoms. The Balaban J connectivity index is 2.03. The minimum absolute atomic E-state index is 0.000871. The Labute approximate surface area is 174 Å². The lowest BCUT2D eigenvalue weighted by Crippen LogP contribution is -2.37. The minimum Gasteiger partial charge on any atom is -0.493 e. The van der Waals surface area contributed by atoms with Crippen molar-refractivity contribution in [3.8, 4) is 11.5 Å². The minimum atomic E-state index is -4.27. The Kier molecular flexibility index (Phi) is 5.01. The van der Waals surface area contributed by atoms with Gasteiger partial charge < -0.3 is 19.6 Å². The van der Waals surface area contributed by atoms with Crippen LogP contribution in [0.25, 0.3) is 10.9 Å². The predicted molar refractivity (Wildman–Crippen MR) is 114 cm³/mol. The van der Waals surface area contributed by atoms with Gasteiger partial charge in [0, 0.05) is 11.1 Å². The molecule has 0 saturated heterocycles. The Hall–Kier alpha value is -3.29. The summed E-state index contributed by atoms with van der Waals surface area (Å²) in [6.45, 7) is 0. The van der Waals surface area contributed by atoms with Gasteiger partial charge >= 0.3 is 0 Å². The first-order chi connectivity index (χ1) is 14.4. The highest BCUT2D eigenvalue weighted by molar-refractivity contribution is 7.92. The van der Waals surface area contributed by atoms with Crippen molar-refractivity contribution in [2.24, 2.45) is 0 Å². The molecule has 154 valence electrons. The van der Waals surface area contributed by atoms with Crippen LogP contribution in [0.5, 0.6) is 11.5 Å². The molecule has 3 aromatic carbocycles. The molecule has 4 aromatic rings. The maximum Gasteiger partial charge on any atom is 0.237 e. The van der Waals surface area contributed by atoms with Gasteiger partial charge in [0.05, 0.1) is 24.8 Å². The second-order valence-corrected chi connectivity index (χ2v) is 8.87. The van der Waals surface area contributed by atoms with E-state index in [0.29, 0.717) is 11.5 Å².